The third-order valence-electron chi connectivity index (χ3n) is 6.01. The van der Waals surface area contributed by atoms with Crippen LogP contribution < -0.4 is 4.74 Å². The quantitative estimate of drug-likeness (QED) is 0.279. The Morgan fingerprint density at radius 3 is 2.03 bits per heavy atom. The van der Waals surface area contributed by atoms with Gasteiger partial charge in [-0.1, -0.05) is 25.5 Å². The van der Waals surface area contributed by atoms with E-state index in [9.17, 15) is 35.1 Å². The molecule has 0 radical (unpaired) electrons. The Balaban J connectivity index is 1.49. The number of benzene rings is 3. The Hall–Kier alpha value is -3.18. The molecule has 11 heteroatoms. The van der Waals surface area contributed by atoms with Crippen LogP contribution in [0.4, 0.5) is 35.1 Å². The molecule has 1 aliphatic heterocycles. The normalized spacial score (nSPS) is 18.4. The van der Waals surface area contributed by atoms with Gasteiger partial charge in [-0.3, -0.25) is 0 Å². The van der Waals surface area contributed by atoms with E-state index in [1.54, 1.807) is 0 Å². The van der Waals surface area contributed by atoms with Gasteiger partial charge >= 0.3 is 12.3 Å². The lowest BCUT2D eigenvalue weighted by Crippen LogP contribution is -2.27. The molecular weight excluding hydrogens is 524 g/mol. The van der Waals surface area contributed by atoms with Crippen LogP contribution in [-0.4, -0.2) is 13.2 Å². The van der Waals surface area contributed by atoms with Crippen molar-refractivity contribution >= 4 is 0 Å². The van der Waals surface area contributed by atoms with Crippen LogP contribution in [0.15, 0.2) is 54.6 Å². The zero-order valence-electron chi connectivity index (χ0n) is 19.9. The van der Waals surface area contributed by atoms with E-state index in [2.05, 4.69) is 4.74 Å². The van der Waals surface area contributed by atoms with Crippen LogP contribution in [0, 0.1) is 23.4 Å². The molecule has 0 atom stereocenters. The summed E-state index contributed by atoms with van der Waals surface area (Å²) in [5, 5.41) is 0. The summed E-state index contributed by atoms with van der Waals surface area (Å²) in [6.07, 6.45) is -8.21. The van der Waals surface area contributed by atoms with Gasteiger partial charge in [-0.2, -0.15) is 22.0 Å². The molecule has 0 amide bonds. The molecule has 1 saturated heterocycles. The van der Waals surface area contributed by atoms with Crippen molar-refractivity contribution < 1.29 is 49.3 Å². The number of rotatable bonds is 7. The molecule has 0 bridgehead atoms. The molecular formula is C27H22F8O3. The fraction of sp³-hybridized carbons (Fsp3) is 0.333. The zero-order chi connectivity index (χ0) is 27.7. The van der Waals surface area contributed by atoms with Crippen LogP contribution in [-0.2, 0) is 21.8 Å². The van der Waals surface area contributed by atoms with Gasteiger partial charge in [0.2, 0.25) is 0 Å². The van der Waals surface area contributed by atoms with Gasteiger partial charge in [0.15, 0.2) is 6.29 Å². The first kappa shape index (κ1) is 27.8. The Bertz CT molecular complexity index is 1280. The minimum Gasteiger partial charge on any atom is -0.429 e. The van der Waals surface area contributed by atoms with Crippen molar-refractivity contribution in [2.24, 2.45) is 5.92 Å². The highest BCUT2D eigenvalue weighted by molar-refractivity contribution is 5.65. The fourth-order valence-electron chi connectivity index (χ4n) is 4.13. The Morgan fingerprint density at radius 2 is 1.45 bits per heavy atom. The lowest BCUT2D eigenvalue weighted by molar-refractivity contribution is -0.206. The van der Waals surface area contributed by atoms with Gasteiger partial charge in [-0.05, 0) is 48.4 Å². The van der Waals surface area contributed by atoms with Crippen LogP contribution in [0.2, 0.25) is 0 Å². The van der Waals surface area contributed by atoms with Crippen LogP contribution in [0.3, 0.4) is 0 Å². The monoisotopic (exact) mass is 546 g/mol. The van der Waals surface area contributed by atoms with Crippen LogP contribution in [0.1, 0.15) is 42.7 Å². The maximum absolute atomic E-state index is 14.8. The average Bonchev–Trinajstić information content (AvgIpc) is 2.83. The number of halogens is 8. The first-order valence-electron chi connectivity index (χ1n) is 11.7. The molecule has 4 rings (SSSR count). The topological polar surface area (TPSA) is 27.7 Å². The second-order valence-electron chi connectivity index (χ2n) is 8.85. The Morgan fingerprint density at radius 1 is 0.789 bits per heavy atom. The minimum atomic E-state index is -4.94. The van der Waals surface area contributed by atoms with Gasteiger partial charge in [-0.25, -0.2) is 13.2 Å². The molecule has 204 valence electrons. The largest absolute Gasteiger partial charge is 0.429 e. The van der Waals surface area contributed by atoms with E-state index in [-0.39, 0.29) is 22.6 Å². The third kappa shape index (κ3) is 6.10. The van der Waals surface area contributed by atoms with Gasteiger partial charge in [0.1, 0.15) is 23.2 Å². The van der Waals surface area contributed by atoms with E-state index in [0.29, 0.717) is 31.4 Å². The smallest absolute Gasteiger partial charge is 0.429 e. The van der Waals surface area contributed by atoms with E-state index in [0.717, 1.165) is 43.2 Å². The van der Waals surface area contributed by atoms with Crippen molar-refractivity contribution in [2.75, 3.05) is 13.2 Å². The second-order valence-corrected chi connectivity index (χ2v) is 8.85. The molecule has 38 heavy (non-hydrogen) atoms. The van der Waals surface area contributed by atoms with Crippen molar-refractivity contribution in [2.45, 2.75) is 38.3 Å². The summed E-state index contributed by atoms with van der Waals surface area (Å²) in [5.41, 5.74) is -3.04. The predicted molar refractivity (Wildman–Crippen MR) is 121 cm³/mol. The van der Waals surface area contributed by atoms with E-state index >= 15 is 0 Å². The van der Waals surface area contributed by atoms with Crippen LogP contribution in [0.5, 0.6) is 5.75 Å². The molecule has 0 saturated carbocycles. The molecule has 0 spiro atoms. The molecule has 0 aromatic heterocycles. The zero-order valence-corrected chi connectivity index (χ0v) is 19.9. The Labute approximate surface area is 212 Å². The maximum Gasteiger partial charge on any atom is 0.429 e. The van der Waals surface area contributed by atoms with Crippen LogP contribution >= 0.6 is 0 Å². The van der Waals surface area contributed by atoms with Gasteiger partial charge < -0.3 is 14.2 Å². The van der Waals surface area contributed by atoms with Crippen molar-refractivity contribution in [1.29, 1.82) is 0 Å². The number of hydrogen-bond donors (Lipinski definition) is 0. The second kappa shape index (κ2) is 10.9. The average molecular weight is 546 g/mol. The van der Waals surface area contributed by atoms with Gasteiger partial charge in [0.05, 0.1) is 24.3 Å². The molecule has 3 nitrogen and oxygen atoms in total. The highest BCUT2D eigenvalue weighted by Crippen LogP contribution is 2.38. The van der Waals surface area contributed by atoms with E-state index in [4.69, 9.17) is 9.47 Å². The van der Waals surface area contributed by atoms with Crippen molar-refractivity contribution in [3.8, 4) is 16.9 Å². The maximum atomic E-state index is 14.8. The summed E-state index contributed by atoms with van der Waals surface area (Å²) in [6, 6.07) is 7.03. The molecule has 3 aromatic carbocycles. The Kier molecular flexibility index (Phi) is 7.98. The summed E-state index contributed by atoms with van der Waals surface area (Å²) < 4.78 is 127. The molecule has 3 aromatic rings. The number of hydrogen-bond acceptors (Lipinski definition) is 3. The van der Waals surface area contributed by atoms with E-state index < -0.39 is 52.9 Å². The summed E-state index contributed by atoms with van der Waals surface area (Å²) in [5.74, 6) is -4.57. The molecule has 0 N–H and O–H groups in total. The lowest BCUT2D eigenvalue weighted by atomic mass is 10.0. The number of ether oxygens (including phenoxy) is 3. The minimum absolute atomic E-state index is 0.197. The summed E-state index contributed by atoms with van der Waals surface area (Å²) in [6.45, 7) is 2.80. The van der Waals surface area contributed by atoms with Gasteiger partial charge in [-0.15, -0.1) is 0 Å². The first-order valence-corrected chi connectivity index (χ1v) is 11.7. The van der Waals surface area contributed by atoms with E-state index in [1.165, 1.54) is 6.07 Å². The molecule has 0 aliphatic carbocycles. The molecule has 0 unspecified atom stereocenters. The summed E-state index contributed by atoms with van der Waals surface area (Å²) in [7, 11) is 0. The molecule has 1 heterocycles. The molecule has 1 aliphatic rings. The lowest BCUT2D eigenvalue weighted by Gasteiger charge is -2.29. The molecule has 1 fully saturated rings. The fourth-order valence-corrected chi connectivity index (χ4v) is 4.13. The SMILES string of the molecule is CCCC1COC(c2ccc(C(F)(F)Oc3ccc(-c4ccc(C(F)(F)F)c(F)c4)c(F)c3)c(F)c2)OC1. The van der Waals surface area contributed by atoms with Gasteiger partial charge in [0.25, 0.3) is 0 Å². The van der Waals surface area contributed by atoms with Crippen molar-refractivity contribution in [3.63, 3.8) is 0 Å². The standard InChI is InChI=1S/C27H22F8O3/c1-2-3-15-13-36-25(37-14-15)17-5-9-21(24(30)11-17)27(34,35)38-18-6-7-19(22(28)12-18)16-4-8-20(23(29)10-16)26(31,32)33/h4-12,15,25H,2-3,13-14H2,1H3. The van der Waals surface area contributed by atoms with E-state index in [1.807, 2.05) is 6.92 Å². The van der Waals surface area contributed by atoms with Gasteiger partial charge in [0, 0.05) is 23.1 Å². The first-order chi connectivity index (χ1) is 17.9. The summed E-state index contributed by atoms with van der Waals surface area (Å²) in [4.78, 5) is 0. The van der Waals surface area contributed by atoms with Crippen molar-refractivity contribution in [3.05, 3.63) is 88.7 Å². The predicted octanol–water partition coefficient (Wildman–Crippen LogP) is 8.38. The third-order valence-corrected chi connectivity index (χ3v) is 6.01. The number of alkyl halides is 5. The highest BCUT2D eigenvalue weighted by Gasteiger charge is 2.39. The summed E-state index contributed by atoms with van der Waals surface area (Å²) >= 11 is 0. The van der Waals surface area contributed by atoms with Crippen LogP contribution in [0.25, 0.3) is 11.1 Å². The highest BCUT2D eigenvalue weighted by atomic mass is 19.4. The van der Waals surface area contributed by atoms with Crippen molar-refractivity contribution in [1.82, 2.24) is 0 Å².